The van der Waals surface area contributed by atoms with Gasteiger partial charge in [0.05, 0.1) is 4.92 Å². The van der Waals surface area contributed by atoms with E-state index in [-0.39, 0.29) is 17.3 Å². The van der Waals surface area contributed by atoms with E-state index < -0.39 is 17.0 Å². The summed E-state index contributed by atoms with van der Waals surface area (Å²) in [5.74, 6) is -0.426. The van der Waals surface area contributed by atoms with Crippen LogP contribution in [0.3, 0.4) is 0 Å². The highest BCUT2D eigenvalue weighted by Crippen LogP contribution is 2.32. The molecule has 0 saturated carbocycles. The van der Waals surface area contributed by atoms with Crippen LogP contribution in [0.2, 0.25) is 0 Å². The van der Waals surface area contributed by atoms with Crippen molar-refractivity contribution in [1.82, 2.24) is 9.97 Å². The van der Waals surface area contributed by atoms with Crippen molar-refractivity contribution in [1.29, 1.82) is 0 Å². The molecule has 0 unspecified atom stereocenters. The van der Waals surface area contributed by atoms with Gasteiger partial charge in [0, 0.05) is 12.2 Å². The van der Waals surface area contributed by atoms with E-state index in [0.29, 0.717) is 12.2 Å². The molecule has 1 aromatic carbocycles. The molecule has 1 heterocycles. The Morgan fingerprint density at radius 1 is 1.20 bits per heavy atom. The number of nitro groups is 1. The van der Waals surface area contributed by atoms with Crippen LogP contribution in [0.15, 0.2) is 30.6 Å². The molecule has 0 fully saturated rings. The van der Waals surface area contributed by atoms with Crippen molar-refractivity contribution in [3.63, 3.8) is 0 Å². The quantitative estimate of drug-likeness (QED) is 0.573. The zero-order chi connectivity index (χ0) is 18.4. The molecule has 2 aromatic rings. The van der Waals surface area contributed by atoms with Crippen molar-refractivity contribution in [3.05, 3.63) is 40.7 Å². The van der Waals surface area contributed by atoms with Crippen LogP contribution in [0.25, 0.3) is 0 Å². The van der Waals surface area contributed by atoms with E-state index in [1.165, 1.54) is 12.1 Å². The molecule has 134 valence electrons. The molecule has 25 heavy (non-hydrogen) atoms. The summed E-state index contributed by atoms with van der Waals surface area (Å²) in [6, 6.07) is 4.73. The van der Waals surface area contributed by atoms with Gasteiger partial charge in [0.25, 0.3) is 0 Å². The number of hydrogen-bond acceptors (Lipinski definition) is 7. The Kier molecular flexibility index (Phi) is 5.57. The minimum atomic E-state index is -4.79. The predicted molar refractivity (Wildman–Crippen MR) is 83.9 cm³/mol. The monoisotopic (exact) mass is 357 g/mol. The number of aromatic nitrogens is 2. The van der Waals surface area contributed by atoms with Crippen LogP contribution in [0.1, 0.15) is 13.3 Å². The number of hydrogen-bond donors (Lipinski definition) is 2. The molecule has 8 nitrogen and oxygen atoms in total. The minimum Gasteiger partial charge on any atom is -0.406 e. The number of halogens is 3. The number of nitrogens with zero attached hydrogens (tertiary/aromatic N) is 3. The first kappa shape index (κ1) is 18.2. The van der Waals surface area contributed by atoms with Gasteiger partial charge in [-0.3, -0.25) is 10.1 Å². The Hall–Kier alpha value is -3.11. The van der Waals surface area contributed by atoms with Gasteiger partial charge >= 0.3 is 12.0 Å². The third kappa shape index (κ3) is 5.19. The molecule has 0 radical (unpaired) electrons. The smallest absolute Gasteiger partial charge is 0.406 e. The zero-order valence-electron chi connectivity index (χ0n) is 13.0. The van der Waals surface area contributed by atoms with Gasteiger partial charge in [-0.05, 0) is 30.7 Å². The fourth-order valence-corrected chi connectivity index (χ4v) is 1.89. The maximum Gasteiger partial charge on any atom is 0.573 e. The van der Waals surface area contributed by atoms with Crippen LogP contribution in [0.4, 0.5) is 36.2 Å². The second-order valence-electron chi connectivity index (χ2n) is 4.80. The lowest BCUT2D eigenvalue weighted by atomic mass is 10.3. The third-order valence-electron chi connectivity index (χ3n) is 2.90. The van der Waals surface area contributed by atoms with Gasteiger partial charge in [0.2, 0.25) is 11.6 Å². The number of ether oxygens (including phenoxy) is 1. The normalized spacial score (nSPS) is 11.0. The van der Waals surface area contributed by atoms with Crippen molar-refractivity contribution >= 4 is 23.0 Å². The molecule has 2 N–H and O–H groups in total. The topological polar surface area (TPSA) is 102 Å². The summed E-state index contributed by atoms with van der Waals surface area (Å²) in [6.07, 6.45) is -2.90. The number of alkyl halides is 3. The summed E-state index contributed by atoms with van der Waals surface area (Å²) in [5.41, 5.74) is -0.0515. The van der Waals surface area contributed by atoms with Gasteiger partial charge in [-0.1, -0.05) is 6.92 Å². The molecule has 0 amide bonds. The van der Waals surface area contributed by atoms with E-state index in [2.05, 4.69) is 25.3 Å². The van der Waals surface area contributed by atoms with Gasteiger partial charge in [-0.25, -0.2) is 9.97 Å². The zero-order valence-corrected chi connectivity index (χ0v) is 13.0. The van der Waals surface area contributed by atoms with Gasteiger partial charge in [-0.2, -0.15) is 0 Å². The molecule has 0 aliphatic heterocycles. The van der Waals surface area contributed by atoms with Gasteiger partial charge in [0.15, 0.2) is 0 Å². The first-order chi connectivity index (χ1) is 11.8. The van der Waals surface area contributed by atoms with E-state index >= 15 is 0 Å². The van der Waals surface area contributed by atoms with Crippen LogP contribution in [0, 0.1) is 10.1 Å². The van der Waals surface area contributed by atoms with Crippen molar-refractivity contribution in [2.75, 3.05) is 17.2 Å². The molecule has 11 heteroatoms. The molecule has 0 bridgehead atoms. The lowest BCUT2D eigenvalue weighted by Crippen LogP contribution is -2.17. The second-order valence-corrected chi connectivity index (χ2v) is 4.80. The maximum atomic E-state index is 12.1. The van der Waals surface area contributed by atoms with E-state index in [4.69, 9.17) is 0 Å². The lowest BCUT2D eigenvalue weighted by Gasteiger charge is -2.11. The highest BCUT2D eigenvalue weighted by atomic mass is 19.4. The Labute approximate surface area is 140 Å². The molecule has 0 spiro atoms. The summed E-state index contributed by atoms with van der Waals surface area (Å²) in [6.45, 7) is 2.38. The van der Waals surface area contributed by atoms with Crippen molar-refractivity contribution in [2.45, 2.75) is 19.7 Å². The molecule has 0 saturated heterocycles. The van der Waals surface area contributed by atoms with Gasteiger partial charge in [0.1, 0.15) is 12.1 Å². The molecular formula is C14H14F3N5O3. The minimum absolute atomic E-state index is 0.0568. The summed E-state index contributed by atoms with van der Waals surface area (Å²) >= 11 is 0. The maximum absolute atomic E-state index is 12.1. The SMILES string of the molecule is CCCNc1ncnc(Nc2ccc(OC(F)(F)F)cc2)c1[N+](=O)[O-]. The molecule has 0 aliphatic rings. The molecule has 2 rings (SSSR count). The Morgan fingerprint density at radius 2 is 1.84 bits per heavy atom. The summed E-state index contributed by atoms with van der Waals surface area (Å²) in [7, 11) is 0. The Balaban J connectivity index is 2.23. The van der Waals surface area contributed by atoms with Gasteiger partial charge in [-0.15, -0.1) is 13.2 Å². The van der Waals surface area contributed by atoms with E-state index in [9.17, 15) is 23.3 Å². The third-order valence-corrected chi connectivity index (χ3v) is 2.90. The largest absolute Gasteiger partial charge is 0.573 e. The fraction of sp³-hybridized carbons (Fsp3) is 0.286. The van der Waals surface area contributed by atoms with Crippen LogP contribution < -0.4 is 15.4 Å². The average molecular weight is 357 g/mol. The van der Waals surface area contributed by atoms with Crippen LogP contribution in [0.5, 0.6) is 5.75 Å². The number of benzene rings is 1. The molecule has 0 atom stereocenters. The Morgan fingerprint density at radius 3 is 2.40 bits per heavy atom. The number of rotatable bonds is 7. The first-order valence-electron chi connectivity index (χ1n) is 7.16. The predicted octanol–water partition coefficient (Wildman–Crippen LogP) is 3.85. The number of nitrogens with one attached hydrogen (secondary N) is 2. The Bertz CT molecular complexity index is 737. The van der Waals surface area contributed by atoms with E-state index in [1.807, 2.05) is 6.92 Å². The highest BCUT2D eigenvalue weighted by Gasteiger charge is 2.31. The molecular weight excluding hydrogens is 343 g/mol. The van der Waals surface area contributed by atoms with Crippen molar-refractivity contribution in [3.8, 4) is 5.75 Å². The molecule has 0 aliphatic carbocycles. The van der Waals surface area contributed by atoms with Crippen molar-refractivity contribution < 1.29 is 22.8 Å². The average Bonchev–Trinajstić information content (AvgIpc) is 2.53. The van der Waals surface area contributed by atoms with Gasteiger partial charge < -0.3 is 15.4 Å². The summed E-state index contributed by atoms with van der Waals surface area (Å²) < 4.78 is 40.2. The highest BCUT2D eigenvalue weighted by molar-refractivity contribution is 5.73. The van der Waals surface area contributed by atoms with Crippen LogP contribution in [-0.2, 0) is 0 Å². The van der Waals surface area contributed by atoms with Crippen molar-refractivity contribution in [2.24, 2.45) is 0 Å². The molecule has 1 aromatic heterocycles. The standard InChI is InChI=1S/C14H14F3N5O3/c1-2-7-18-12-11(22(23)24)13(20-8-19-12)21-9-3-5-10(6-4-9)25-14(15,16)17/h3-6,8H,2,7H2,1H3,(H2,18,19,20,21). The van der Waals surface area contributed by atoms with E-state index in [1.54, 1.807) is 0 Å². The summed E-state index contributed by atoms with van der Waals surface area (Å²) in [5, 5.41) is 16.8. The van der Waals surface area contributed by atoms with Crippen LogP contribution in [-0.4, -0.2) is 27.8 Å². The van der Waals surface area contributed by atoms with Crippen LogP contribution >= 0.6 is 0 Å². The first-order valence-corrected chi connectivity index (χ1v) is 7.16. The van der Waals surface area contributed by atoms with E-state index in [0.717, 1.165) is 24.9 Å². The lowest BCUT2D eigenvalue weighted by molar-refractivity contribution is -0.383. The second kappa shape index (κ2) is 7.64. The summed E-state index contributed by atoms with van der Waals surface area (Å²) in [4.78, 5) is 18.3. The number of anilines is 3. The fourth-order valence-electron chi connectivity index (χ4n) is 1.89.